The third-order valence-electron chi connectivity index (χ3n) is 3.08. The van der Waals surface area contributed by atoms with Crippen molar-refractivity contribution in [1.29, 1.82) is 0 Å². The van der Waals surface area contributed by atoms with Crippen LogP contribution in [0, 0.1) is 0 Å². The summed E-state index contributed by atoms with van der Waals surface area (Å²) in [6, 6.07) is 13.7. The fraction of sp³-hybridized carbons (Fsp3) is 0.188. The van der Waals surface area contributed by atoms with Crippen LogP contribution < -0.4 is 10.6 Å². The van der Waals surface area contributed by atoms with E-state index in [1.807, 2.05) is 30.3 Å². The molecule has 0 heterocycles. The number of amides is 1. The second kappa shape index (κ2) is 7.11. The van der Waals surface area contributed by atoms with Crippen molar-refractivity contribution < 1.29 is 9.90 Å². The molecule has 0 unspecified atom stereocenters. The van der Waals surface area contributed by atoms with Crippen molar-refractivity contribution in [3.63, 3.8) is 0 Å². The van der Waals surface area contributed by atoms with Gasteiger partial charge in [0.25, 0.3) is 5.91 Å². The summed E-state index contributed by atoms with van der Waals surface area (Å²) in [4.78, 5) is 14.3. The number of carbonyl (C=O) groups is 1. The van der Waals surface area contributed by atoms with Gasteiger partial charge < -0.3 is 15.7 Å². The lowest BCUT2D eigenvalue weighted by Gasteiger charge is -2.23. The van der Waals surface area contributed by atoms with Gasteiger partial charge in [-0.1, -0.05) is 29.8 Å². The number of phenolic OH excluding ortho intramolecular Hbond substituents is 1. The molecule has 0 saturated heterocycles. The lowest BCUT2D eigenvalue weighted by molar-refractivity contribution is 0.0986. The minimum Gasteiger partial charge on any atom is -0.508 e. The molecule has 110 valence electrons. The summed E-state index contributed by atoms with van der Waals surface area (Å²) in [5.41, 5.74) is 6.59. The van der Waals surface area contributed by atoms with Gasteiger partial charge in [-0.3, -0.25) is 4.79 Å². The summed E-state index contributed by atoms with van der Waals surface area (Å²) in [5.74, 6) is -0.245. The number of carbonyl (C=O) groups excluding carboxylic acids is 1. The first-order chi connectivity index (χ1) is 10.1. The van der Waals surface area contributed by atoms with Crippen LogP contribution in [-0.4, -0.2) is 24.1 Å². The van der Waals surface area contributed by atoms with Crippen LogP contribution in [0.15, 0.2) is 48.5 Å². The predicted octanol–water partition coefficient (Wildman–Crippen LogP) is 3.04. The fourth-order valence-corrected chi connectivity index (χ4v) is 2.23. The Bertz CT molecular complexity index is 617. The van der Waals surface area contributed by atoms with Crippen molar-refractivity contribution in [1.82, 2.24) is 0 Å². The highest BCUT2D eigenvalue weighted by atomic mass is 35.5. The fourth-order valence-electron chi connectivity index (χ4n) is 2.03. The minimum atomic E-state index is -0.254. The Labute approximate surface area is 128 Å². The number of rotatable bonds is 5. The van der Waals surface area contributed by atoms with Crippen molar-refractivity contribution in [2.45, 2.75) is 6.42 Å². The van der Waals surface area contributed by atoms with Crippen molar-refractivity contribution in [2.24, 2.45) is 5.73 Å². The molecule has 3 N–H and O–H groups in total. The number of nitrogens with two attached hydrogens (primary N) is 1. The number of hydrogen-bond acceptors (Lipinski definition) is 3. The molecule has 2 aromatic rings. The smallest absolute Gasteiger partial charge is 0.259 e. The average Bonchev–Trinajstić information content (AvgIpc) is 2.51. The zero-order valence-electron chi connectivity index (χ0n) is 11.5. The van der Waals surface area contributed by atoms with Crippen LogP contribution in [0.2, 0.25) is 5.02 Å². The summed E-state index contributed by atoms with van der Waals surface area (Å²) >= 11 is 6.07. The lowest BCUT2D eigenvalue weighted by atomic mass is 10.1. The molecule has 0 aliphatic carbocycles. The quantitative estimate of drug-likeness (QED) is 0.892. The normalized spacial score (nSPS) is 10.4. The van der Waals surface area contributed by atoms with Gasteiger partial charge in [0.1, 0.15) is 5.75 Å². The molecule has 0 aromatic heterocycles. The molecular weight excluding hydrogens is 288 g/mol. The Morgan fingerprint density at radius 3 is 2.57 bits per heavy atom. The molecule has 21 heavy (non-hydrogen) atoms. The number of halogens is 1. The Balaban J connectivity index is 2.36. The van der Waals surface area contributed by atoms with Crippen LogP contribution in [0.25, 0.3) is 0 Å². The average molecular weight is 305 g/mol. The summed E-state index contributed by atoms with van der Waals surface area (Å²) in [6.45, 7) is 0.982. The molecule has 0 aliphatic rings. The molecule has 0 atom stereocenters. The second-order valence-electron chi connectivity index (χ2n) is 4.60. The number of benzene rings is 2. The molecule has 1 amide bonds. The van der Waals surface area contributed by atoms with E-state index in [-0.39, 0.29) is 17.2 Å². The highest BCUT2D eigenvalue weighted by molar-refractivity contribution is 6.34. The lowest BCUT2D eigenvalue weighted by Crippen LogP contribution is -2.33. The molecule has 0 bridgehead atoms. The van der Waals surface area contributed by atoms with Crippen LogP contribution in [-0.2, 0) is 0 Å². The van der Waals surface area contributed by atoms with Gasteiger partial charge >= 0.3 is 0 Å². The molecule has 0 spiro atoms. The highest BCUT2D eigenvalue weighted by Crippen LogP contribution is 2.25. The van der Waals surface area contributed by atoms with E-state index in [9.17, 15) is 9.90 Å². The Morgan fingerprint density at radius 2 is 1.90 bits per heavy atom. The zero-order chi connectivity index (χ0) is 15.2. The maximum atomic E-state index is 12.7. The number of hydrogen-bond donors (Lipinski definition) is 2. The molecular formula is C16H17ClN2O2. The Kier molecular flexibility index (Phi) is 5.20. The summed E-state index contributed by atoms with van der Waals surface area (Å²) in [6.07, 6.45) is 0.678. The SMILES string of the molecule is NCCCN(C(=O)c1cc(O)ccc1Cl)c1ccccc1. The van der Waals surface area contributed by atoms with Crippen LogP contribution in [0.5, 0.6) is 5.75 Å². The molecule has 0 aliphatic heterocycles. The van der Waals surface area contributed by atoms with Crippen LogP contribution >= 0.6 is 11.6 Å². The standard InChI is InChI=1S/C16H17ClN2O2/c17-15-8-7-13(20)11-14(15)16(21)19(10-4-9-18)12-5-2-1-3-6-12/h1-3,5-8,11,20H,4,9-10,18H2. The first-order valence-corrected chi connectivity index (χ1v) is 7.07. The highest BCUT2D eigenvalue weighted by Gasteiger charge is 2.20. The molecule has 0 radical (unpaired) electrons. The van der Waals surface area contributed by atoms with E-state index < -0.39 is 0 Å². The largest absolute Gasteiger partial charge is 0.508 e. The number of phenols is 1. The van der Waals surface area contributed by atoms with Crippen LogP contribution in [0.1, 0.15) is 16.8 Å². The molecule has 5 heteroatoms. The van der Waals surface area contributed by atoms with Crippen LogP contribution in [0.3, 0.4) is 0 Å². The molecule has 2 aromatic carbocycles. The zero-order valence-corrected chi connectivity index (χ0v) is 12.3. The van der Waals surface area contributed by atoms with Gasteiger partial charge in [-0.05, 0) is 43.3 Å². The van der Waals surface area contributed by atoms with E-state index in [0.29, 0.717) is 24.5 Å². The predicted molar refractivity (Wildman–Crippen MR) is 84.9 cm³/mol. The summed E-state index contributed by atoms with van der Waals surface area (Å²) in [5, 5.41) is 9.88. The minimum absolute atomic E-state index is 0.00888. The van der Waals surface area contributed by atoms with Gasteiger partial charge in [-0.2, -0.15) is 0 Å². The van der Waals surface area contributed by atoms with E-state index in [2.05, 4.69) is 0 Å². The van der Waals surface area contributed by atoms with E-state index in [0.717, 1.165) is 5.69 Å². The van der Waals surface area contributed by atoms with Crippen molar-refractivity contribution in [2.75, 3.05) is 18.0 Å². The van der Waals surface area contributed by atoms with Gasteiger partial charge in [-0.25, -0.2) is 0 Å². The summed E-state index contributed by atoms with van der Waals surface area (Å²) in [7, 11) is 0. The van der Waals surface area contributed by atoms with E-state index in [1.54, 1.807) is 4.90 Å². The molecule has 4 nitrogen and oxygen atoms in total. The summed E-state index contributed by atoms with van der Waals surface area (Å²) < 4.78 is 0. The van der Waals surface area contributed by atoms with Crippen LogP contribution in [0.4, 0.5) is 5.69 Å². The first kappa shape index (κ1) is 15.4. The molecule has 0 saturated carbocycles. The molecule has 2 rings (SSSR count). The number of para-hydroxylation sites is 1. The monoisotopic (exact) mass is 304 g/mol. The maximum absolute atomic E-state index is 12.7. The van der Waals surface area contributed by atoms with E-state index in [1.165, 1.54) is 18.2 Å². The third kappa shape index (κ3) is 3.74. The van der Waals surface area contributed by atoms with Gasteiger partial charge in [0.2, 0.25) is 0 Å². The van der Waals surface area contributed by atoms with Crippen molar-refractivity contribution in [3.8, 4) is 5.75 Å². The Morgan fingerprint density at radius 1 is 1.19 bits per heavy atom. The Hall–Kier alpha value is -2.04. The second-order valence-corrected chi connectivity index (χ2v) is 5.01. The van der Waals surface area contributed by atoms with Gasteiger partial charge in [-0.15, -0.1) is 0 Å². The van der Waals surface area contributed by atoms with E-state index in [4.69, 9.17) is 17.3 Å². The van der Waals surface area contributed by atoms with E-state index >= 15 is 0 Å². The molecule has 0 fully saturated rings. The number of nitrogens with zero attached hydrogens (tertiary/aromatic N) is 1. The topological polar surface area (TPSA) is 66.6 Å². The van der Waals surface area contributed by atoms with Gasteiger partial charge in [0.15, 0.2) is 0 Å². The first-order valence-electron chi connectivity index (χ1n) is 6.69. The third-order valence-corrected chi connectivity index (χ3v) is 3.41. The van der Waals surface area contributed by atoms with Gasteiger partial charge in [0, 0.05) is 12.2 Å². The van der Waals surface area contributed by atoms with Crippen molar-refractivity contribution >= 4 is 23.2 Å². The number of anilines is 1. The van der Waals surface area contributed by atoms with Gasteiger partial charge in [0.05, 0.1) is 10.6 Å². The maximum Gasteiger partial charge on any atom is 0.259 e. The number of aromatic hydroxyl groups is 1. The van der Waals surface area contributed by atoms with Crippen molar-refractivity contribution in [3.05, 3.63) is 59.1 Å².